The molecule has 28 heavy (non-hydrogen) atoms. The molecule has 0 aromatic heterocycles. The number of carbonyl (C=O) groups is 2. The van der Waals surface area contributed by atoms with E-state index in [9.17, 15) is 9.59 Å². The Bertz CT molecular complexity index is 910. The van der Waals surface area contributed by atoms with E-state index in [1.54, 1.807) is 7.11 Å². The van der Waals surface area contributed by atoms with E-state index in [2.05, 4.69) is 13.0 Å². The summed E-state index contributed by atoms with van der Waals surface area (Å²) in [5.41, 5.74) is 3.70. The molecule has 0 spiro atoms. The molecule has 0 bridgehead atoms. The Kier molecular flexibility index (Phi) is 4.56. The zero-order valence-corrected chi connectivity index (χ0v) is 16.8. The van der Waals surface area contributed by atoms with E-state index in [0.29, 0.717) is 23.3 Å². The first-order valence-electron chi connectivity index (χ1n) is 9.84. The highest BCUT2D eigenvalue weighted by Gasteiger charge is 2.49. The lowest BCUT2D eigenvalue weighted by molar-refractivity contribution is -0.138. The molecule has 1 fully saturated rings. The van der Waals surface area contributed by atoms with Gasteiger partial charge in [0.25, 0.3) is 0 Å². The van der Waals surface area contributed by atoms with Crippen LogP contribution in [0.2, 0.25) is 0 Å². The molecule has 1 saturated carbocycles. The second-order valence-electron chi connectivity index (χ2n) is 8.16. The van der Waals surface area contributed by atoms with Gasteiger partial charge in [0.1, 0.15) is 5.76 Å². The molecule has 4 rings (SSSR count). The van der Waals surface area contributed by atoms with Crippen molar-refractivity contribution in [1.82, 2.24) is 0 Å². The van der Waals surface area contributed by atoms with Crippen molar-refractivity contribution in [3.05, 3.63) is 46.7 Å². The van der Waals surface area contributed by atoms with Crippen LogP contribution in [0.3, 0.4) is 0 Å². The summed E-state index contributed by atoms with van der Waals surface area (Å²) < 4.78 is 16.4. The number of ether oxygens (including phenoxy) is 3. The van der Waals surface area contributed by atoms with Crippen LogP contribution in [-0.2, 0) is 20.7 Å². The van der Waals surface area contributed by atoms with E-state index in [1.165, 1.54) is 30.5 Å². The van der Waals surface area contributed by atoms with Gasteiger partial charge in [-0.05, 0) is 73.8 Å². The van der Waals surface area contributed by atoms with Gasteiger partial charge in [0.2, 0.25) is 0 Å². The Morgan fingerprint density at radius 3 is 2.43 bits per heavy atom. The molecule has 3 aliphatic carbocycles. The van der Waals surface area contributed by atoms with Crippen molar-refractivity contribution in [1.29, 1.82) is 0 Å². The smallest absolute Gasteiger partial charge is 0.308 e. The van der Waals surface area contributed by atoms with Gasteiger partial charge in [0, 0.05) is 19.3 Å². The molecular weight excluding hydrogens is 356 g/mol. The maximum Gasteiger partial charge on any atom is 0.308 e. The number of esters is 2. The van der Waals surface area contributed by atoms with E-state index < -0.39 is 0 Å². The largest absolute Gasteiger partial charge is 0.493 e. The Morgan fingerprint density at radius 1 is 1.00 bits per heavy atom. The van der Waals surface area contributed by atoms with Gasteiger partial charge in [0.15, 0.2) is 11.5 Å². The van der Waals surface area contributed by atoms with Gasteiger partial charge in [0.05, 0.1) is 7.11 Å². The van der Waals surface area contributed by atoms with Crippen molar-refractivity contribution in [2.45, 2.75) is 52.4 Å². The zero-order chi connectivity index (χ0) is 20.1. The van der Waals surface area contributed by atoms with Crippen molar-refractivity contribution >= 4 is 11.9 Å². The molecule has 148 valence electrons. The van der Waals surface area contributed by atoms with Gasteiger partial charge in [-0.2, -0.15) is 0 Å². The summed E-state index contributed by atoms with van der Waals surface area (Å²) in [6, 6.07) is 4.01. The Hall–Kier alpha value is -2.56. The molecule has 0 unspecified atom stereocenters. The van der Waals surface area contributed by atoms with Crippen molar-refractivity contribution in [3.8, 4) is 11.5 Å². The van der Waals surface area contributed by atoms with Gasteiger partial charge in [-0.25, -0.2) is 0 Å². The van der Waals surface area contributed by atoms with Crippen LogP contribution in [-0.4, -0.2) is 19.0 Å². The number of rotatable bonds is 3. The molecular formula is C23H26O5. The van der Waals surface area contributed by atoms with Gasteiger partial charge < -0.3 is 14.2 Å². The third-order valence-corrected chi connectivity index (χ3v) is 6.49. The minimum Gasteiger partial charge on any atom is -0.493 e. The van der Waals surface area contributed by atoms with Gasteiger partial charge in [-0.3, -0.25) is 9.59 Å². The summed E-state index contributed by atoms with van der Waals surface area (Å²) >= 11 is 0. The average Bonchev–Trinajstić information content (AvgIpc) is 2.96. The molecule has 1 aromatic rings. The maximum absolute atomic E-state index is 11.5. The first kappa shape index (κ1) is 18.8. The van der Waals surface area contributed by atoms with Crippen molar-refractivity contribution < 1.29 is 23.8 Å². The number of hydrogen-bond acceptors (Lipinski definition) is 5. The minimum absolute atomic E-state index is 0.188. The lowest BCUT2D eigenvalue weighted by atomic mass is 9.58. The van der Waals surface area contributed by atoms with E-state index >= 15 is 0 Å². The number of benzene rings is 1. The SMILES string of the molecule is COc1cc2c(cc1OC(C)=O)CC[C@H]1C3=CC=C(OC(C)=O)[C@@]3(C)CC[C@H]21. The van der Waals surface area contributed by atoms with Crippen LogP contribution < -0.4 is 9.47 Å². The Morgan fingerprint density at radius 2 is 1.75 bits per heavy atom. The highest BCUT2D eigenvalue weighted by molar-refractivity contribution is 5.71. The number of allylic oxidation sites excluding steroid dienone is 3. The fraction of sp³-hybridized carbons (Fsp3) is 0.478. The minimum atomic E-state index is -0.347. The van der Waals surface area contributed by atoms with Gasteiger partial charge in [-0.15, -0.1) is 0 Å². The van der Waals surface area contributed by atoms with Crippen LogP contribution in [0.25, 0.3) is 0 Å². The standard InChI is InChI=1S/C23H26O5/c1-13(24)27-21-11-15-5-6-17-16(18(15)12-20(21)26-4)9-10-23(3)19(17)7-8-22(23)28-14(2)25/h7-8,11-12,16-17H,5-6,9-10H2,1-4H3/t16-,17+,23-/m0/s1. The third kappa shape index (κ3) is 2.93. The maximum atomic E-state index is 11.5. The van der Waals surface area contributed by atoms with Gasteiger partial charge in [-0.1, -0.05) is 11.6 Å². The number of methoxy groups -OCH3 is 1. The summed E-state index contributed by atoms with van der Waals surface area (Å²) in [4.78, 5) is 22.9. The van der Waals surface area contributed by atoms with Crippen LogP contribution in [0.4, 0.5) is 0 Å². The van der Waals surface area contributed by atoms with Crippen LogP contribution in [0, 0.1) is 11.3 Å². The molecule has 0 amide bonds. The predicted octanol–water partition coefficient (Wildman–Crippen LogP) is 4.45. The first-order valence-corrected chi connectivity index (χ1v) is 9.84. The molecule has 1 aromatic carbocycles. The third-order valence-electron chi connectivity index (χ3n) is 6.49. The van der Waals surface area contributed by atoms with E-state index in [1.807, 2.05) is 18.2 Å². The normalized spacial score (nSPS) is 27.6. The van der Waals surface area contributed by atoms with Crippen LogP contribution in [0.15, 0.2) is 35.6 Å². The molecule has 3 aliphatic rings. The predicted molar refractivity (Wildman–Crippen MR) is 104 cm³/mol. The van der Waals surface area contributed by atoms with Gasteiger partial charge >= 0.3 is 11.9 Å². The van der Waals surface area contributed by atoms with Crippen LogP contribution in [0.5, 0.6) is 11.5 Å². The Labute approximate surface area is 165 Å². The van der Waals surface area contributed by atoms with Crippen molar-refractivity contribution in [3.63, 3.8) is 0 Å². The fourth-order valence-corrected chi connectivity index (χ4v) is 5.25. The lowest BCUT2D eigenvalue weighted by Gasteiger charge is -2.46. The lowest BCUT2D eigenvalue weighted by Crippen LogP contribution is -2.36. The zero-order valence-electron chi connectivity index (χ0n) is 16.8. The molecule has 5 heteroatoms. The van der Waals surface area contributed by atoms with Crippen LogP contribution >= 0.6 is 0 Å². The number of carbonyl (C=O) groups excluding carboxylic acids is 2. The first-order chi connectivity index (χ1) is 13.3. The monoisotopic (exact) mass is 382 g/mol. The summed E-state index contributed by atoms with van der Waals surface area (Å²) in [6.45, 7) is 5.05. The van der Waals surface area contributed by atoms with Crippen LogP contribution in [0.1, 0.15) is 57.1 Å². The second-order valence-corrected chi connectivity index (χ2v) is 8.16. The highest BCUT2D eigenvalue weighted by atomic mass is 16.6. The summed E-state index contributed by atoms with van der Waals surface area (Å²) in [5.74, 6) is 2.07. The highest BCUT2D eigenvalue weighted by Crippen LogP contribution is 2.59. The second kappa shape index (κ2) is 6.80. The molecule has 0 saturated heterocycles. The molecule has 3 atom stereocenters. The summed E-state index contributed by atoms with van der Waals surface area (Å²) in [5, 5.41) is 0. The topological polar surface area (TPSA) is 61.8 Å². The quantitative estimate of drug-likeness (QED) is 0.571. The molecule has 0 radical (unpaired) electrons. The van der Waals surface area contributed by atoms with E-state index in [0.717, 1.165) is 31.4 Å². The number of aryl methyl sites for hydroxylation is 1. The van der Waals surface area contributed by atoms with E-state index in [4.69, 9.17) is 14.2 Å². The molecule has 0 aliphatic heterocycles. The number of fused-ring (bicyclic) bond motifs is 5. The number of hydrogen-bond donors (Lipinski definition) is 0. The Balaban J connectivity index is 1.66. The molecule has 0 N–H and O–H groups in total. The summed E-state index contributed by atoms with van der Waals surface area (Å²) in [6.07, 6.45) is 8.04. The summed E-state index contributed by atoms with van der Waals surface area (Å²) in [7, 11) is 1.60. The molecule has 5 nitrogen and oxygen atoms in total. The van der Waals surface area contributed by atoms with Crippen molar-refractivity contribution in [2.75, 3.05) is 7.11 Å². The van der Waals surface area contributed by atoms with E-state index in [-0.39, 0.29) is 17.4 Å². The molecule has 0 heterocycles. The average molecular weight is 382 g/mol. The van der Waals surface area contributed by atoms with Crippen molar-refractivity contribution in [2.24, 2.45) is 11.3 Å². The fourth-order valence-electron chi connectivity index (χ4n) is 5.25.